The molecule has 1 unspecified atom stereocenters. The Kier molecular flexibility index (Phi) is 6.73. The fourth-order valence-corrected chi connectivity index (χ4v) is 2.67. The highest BCUT2D eigenvalue weighted by atomic mass is 35.5. The number of nitrogens with zero attached hydrogens (tertiary/aromatic N) is 1. The van der Waals surface area contributed by atoms with Gasteiger partial charge >= 0.3 is 6.18 Å². The van der Waals surface area contributed by atoms with Gasteiger partial charge in [-0.25, -0.2) is 0 Å². The Balaban J connectivity index is 2.11. The maximum Gasteiger partial charge on any atom is 0.418 e. The number of carbonyl (C=O) groups excluding carboxylic acids is 1. The third-order valence-electron chi connectivity index (χ3n) is 4.15. The number of anilines is 1. The standard InChI is InChI=1S/C19H20ClF3N2O2/c1-12(25(2)11-13-5-4-6-15(9-13)27-3)18(26)24-17-8-7-14(20)10-16(17)19(21,22)23/h4-10,12H,11H2,1-3H3,(H,24,26). The molecule has 0 spiro atoms. The molecule has 146 valence electrons. The number of carbonyl (C=O) groups is 1. The monoisotopic (exact) mass is 400 g/mol. The summed E-state index contributed by atoms with van der Waals surface area (Å²) in [5.41, 5.74) is -0.386. The summed E-state index contributed by atoms with van der Waals surface area (Å²) in [5.74, 6) is 0.141. The molecule has 2 aromatic rings. The number of benzene rings is 2. The van der Waals surface area contributed by atoms with Crippen molar-refractivity contribution >= 4 is 23.2 Å². The molecule has 0 fully saturated rings. The second-order valence-electron chi connectivity index (χ2n) is 6.12. The van der Waals surface area contributed by atoms with Crippen molar-refractivity contribution in [3.8, 4) is 5.75 Å². The smallest absolute Gasteiger partial charge is 0.418 e. The van der Waals surface area contributed by atoms with E-state index in [1.807, 2.05) is 18.2 Å². The molecule has 1 atom stereocenters. The lowest BCUT2D eigenvalue weighted by molar-refractivity contribution is -0.137. The van der Waals surface area contributed by atoms with Gasteiger partial charge in [-0.15, -0.1) is 0 Å². The highest BCUT2D eigenvalue weighted by molar-refractivity contribution is 6.30. The number of hydrogen-bond donors (Lipinski definition) is 1. The zero-order chi connectivity index (χ0) is 20.2. The predicted octanol–water partition coefficient (Wildman–Crippen LogP) is 4.83. The largest absolute Gasteiger partial charge is 0.497 e. The first-order chi connectivity index (χ1) is 12.6. The fourth-order valence-electron chi connectivity index (χ4n) is 2.49. The quantitative estimate of drug-likeness (QED) is 0.755. The van der Waals surface area contributed by atoms with E-state index < -0.39 is 23.7 Å². The van der Waals surface area contributed by atoms with Crippen LogP contribution in [0.2, 0.25) is 5.02 Å². The molecule has 0 bridgehead atoms. The Labute approximate surface area is 160 Å². The van der Waals surface area contributed by atoms with Gasteiger partial charge in [0.05, 0.1) is 24.4 Å². The third-order valence-corrected chi connectivity index (χ3v) is 4.39. The number of likely N-dealkylation sites (N-methyl/N-ethyl adjacent to an activating group) is 1. The van der Waals surface area contributed by atoms with Crippen molar-refractivity contribution in [2.45, 2.75) is 25.7 Å². The van der Waals surface area contributed by atoms with Crippen LogP contribution < -0.4 is 10.1 Å². The summed E-state index contributed by atoms with van der Waals surface area (Å²) in [6.07, 6.45) is -4.62. The number of methoxy groups -OCH3 is 1. The van der Waals surface area contributed by atoms with Gasteiger partial charge in [-0.05, 0) is 49.9 Å². The highest BCUT2D eigenvalue weighted by Crippen LogP contribution is 2.36. The maximum absolute atomic E-state index is 13.2. The summed E-state index contributed by atoms with van der Waals surface area (Å²) in [7, 11) is 3.28. The molecule has 2 aromatic carbocycles. The van der Waals surface area contributed by atoms with Crippen LogP contribution in [0.25, 0.3) is 0 Å². The summed E-state index contributed by atoms with van der Waals surface area (Å²) >= 11 is 5.66. The van der Waals surface area contributed by atoms with Crippen LogP contribution in [0.15, 0.2) is 42.5 Å². The average Bonchev–Trinajstić information content (AvgIpc) is 2.61. The summed E-state index contributed by atoms with van der Waals surface area (Å²) in [4.78, 5) is 14.2. The zero-order valence-electron chi connectivity index (χ0n) is 15.1. The number of ether oxygens (including phenoxy) is 1. The number of hydrogen-bond acceptors (Lipinski definition) is 3. The van der Waals surface area contributed by atoms with Gasteiger partial charge in [-0.2, -0.15) is 13.2 Å². The second kappa shape index (κ2) is 8.63. The maximum atomic E-state index is 13.2. The second-order valence-corrected chi connectivity index (χ2v) is 6.56. The molecule has 2 rings (SSSR count). The van der Waals surface area contributed by atoms with Gasteiger partial charge in [0.25, 0.3) is 0 Å². The molecule has 0 aliphatic carbocycles. The average molecular weight is 401 g/mol. The van der Waals surface area contributed by atoms with Gasteiger partial charge in [-0.3, -0.25) is 9.69 Å². The SMILES string of the molecule is COc1cccc(CN(C)C(C)C(=O)Nc2ccc(Cl)cc2C(F)(F)F)c1. The minimum atomic E-state index is -4.62. The highest BCUT2D eigenvalue weighted by Gasteiger charge is 2.34. The van der Waals surface area contributed by atoms with Gasteiger partial charge in [0.1, 0.15) is 5.75 Å². The van der Waals surface area contributed by atoms with Crippen molar-refractivity contribution in [1.29, 1.82) is 0 Å². The summed E-state index contributed by atoms with van der Waals surface area (Å²) in [6, 6.07) is 9.94. The van der Waals surface area contributed by atoms with E-state index in [4.69, 9.17) is 16.3 Å². The van der Waals surface area contributed by atoms with E-state index in [2.05, 4.69) is 5.32 Å². The van der Waals surface area contributed by atoms with Crippen LogP contribution in [0.4, 0.5) is 18.9 Å². The predicted molar refractivity (Wildman–Crippen MR) is 99.0 cm³/mol. The molecule has 1 amide bonds. The van der Waals surface area contributed by atoms with Crippen LogP contribution in [-0.4, -0.2) is 31.0 Å². The van der Waals surface area contributed by atoms with Crippen LogP contribution in [-0.2, 0) is 17.5 Å². The Morgan fingerprint density at radius 2 is 1.96 bits per heavy atom. The molecule has 4 nitrogen and oxygen atoms in total. The van der Waals surface area contributed by atoms with Gasteiger partial charge in [0.2, 0.25) is 5.91 Å². The number of amides is 1. The summed E-state index contributed by atoms with van der Waals surface area (Å²) in [5, 5.41) is 2.30. The van der Waals surface area contributed by atoms with Crippen LogP contribution >= 0.6 is 11.6 Å². The van der Waals surface area contributed by atoms with Gasteiger partial charge in [-0.1, -0.05) is 23.7 Å². The van der Waals surface area contributed by atoms with Crippen LogP contribution in [0.1, 0.15) is 18.1 Å². The molecular formula is C19H20ClF3N2O2. The molecule has 8 heteroatoms. The van der Waals surface area contributed by atoms with Crippen molar-refractivity contribution in [2.24, 2.45) is 0 Å². The van der Waals surface area contributed by atoms with E-state index in [1.54, 1.807) is 32.0 Å². The molecule has 0 radical (unpaired) electrons. The van der Waals surface area contributed by atoms with E-state index in [0.29, 0.717) is 12.3 Å². The first-order valence-corrected chi connectivity index (χ1v) is 8.50. The number of rotatable bonds is 6. The number of alkyl halides is 3. The molecule has 0 saturated carbocycles. The van der Waals surface area contributed by atoms with Crippen LogP contribution in [0.3, 0.4) is 0 Å². The topological polar surface area (TPSA) is 41.6 Å². The lowest BCUT2D eigenvalue weighted by Gasteiger charge is -2.25. The number of nitrogens with one attached hydrogen (secondary N) is 1. The zero-order valence-corrected chi connectivity index (χ0v) is 15.9. The minimum Gasteiger partial charge on any atom is -0.497 e. The summed E-state index contributed by atoms with van der Waals surface area (Å²) < 4.78 is 44.7. The van der Waals surface area contributed by atoms with Crippen molar-refractivity contribution in [3.63, 3.8) is 0 Å². The van der Waals surface area contributed by atoms with Crippen LogP contribution in [0.5, 0.6) is 5.75 Å². The molecule has 0 aliphatic heterocycles. The summed E-state index contributed by atoms with van der Waals surface area (Å²) in [6.45, 7) is 2.05. The Morgan fingerprint density at radius 1 is 1.26 bits per heavy atom. The lowest BCUT2D eigenvalue weighted by Crippen LogP contribution is -2.39. The normalized spacial score (nSPS) is 12.7. The minimum absolute atomic E-state index is 0.0523. The lowest BCUT2D eigenvalue weighted by atomic mass is 10.1. The van der Waals surface area contributed by atoms with Gasteiger partial charge in [0, 0.05) is 11.6 Å². The van der Waals surface area contributed by atoms with Crippen molar-refractivity contribution in [1.82, 2.24) is 4.90 Å². The van der Waals surface area contributed by atoms with Gasteiger partial charge in [0.15, 0.2) is 0 Å². The Hall–Kier alpha value is -2.25. The van der Waals surface area contributed by atoms with E-state index >= 15 is 0 Å². The van der Waals surface area contributed by atoms with Gasteiger partial charge < -0.3 is 10.1 Å². The van der Waals surface area contributed by atoms with Crippen molar-refractivity contribution in [3.05, 3.63) is 58.6 Å². The first-order valence-electron chi connectivity index (χ1n) is 8.12. The van der Waals surface area contributed by atoms with Crippen molar-refractivity contribution in [2.75, 3.05) is 19.5 Å². The molecule has 1 N–H and O–H groups in total. The van der Waals surface area contributed by atoms with E-state index in [9.17, 15) is 18.0 Å². The molecule has 27 heavy (non-hydrogen) atoms. The molecule has 0 heterocycles. The molecule has 0 aliphatic rings. The fraction of sp³-hybridized carbons (Fsp3) is 0.316. The van der Waals surface area contributed by atoms with Crippen LogP contribution in [0, 0.1) is 0 Å². The third kappa shape index (κ3) is 5.61. The van der Waals surface area contributed by atoms with E-state index in [-0.39, 0.29) is 10.7 Å². The molecule has 0 saturated heterocycles. The molecular weight excluding hydrogens is 381 g/mol. The Bertz CT molecular complexity index is 812. The van der Waals surface area contributed by atoms with E-state index in [0.717, 1.165) is 17.7 Å². The molecule has 0 aromatic heterocycles. The number of halogens is 4. The van der Waals surface area contributed by atoms with E-state index in [1.165, 1.54) is 6.07 Å². The first kappa shape index (κ1) is 21.1. The Morgan fingerprint density at radius 3 is 2.59 bits per heavy atom. The van der Waals surface area contributed by atoms with Crippen molar-refractivity contribution < 1.29 is 22.7 Å².